The Morgan fingerprint density at radius 1 is 1.29 bits per heavy atom. The van der Waals surface area contributed by atoms with E-state index in [2.05, 4.69) is 31.2 Å². The second-order valence-corrected chi connectivity index (χ2v) is 4.51. The van der Waals surface area contributed by atoms with Crippen LogP contribution in [0.5, 0.6) is 0 Å². The summed E-state index contributed by atoms with van der Waals surface area (Å²) in [6, 6.07) is 8.56. The van der Waals surface area contributed by atoms with Gasteiger partial charge in [-0.05, 0) is 37.3 Å². The fraction of sp³-hybridized carbons (Fsp3) is 0.538. The molecule has 0 fully saturated rings. The summed E-state index contributed by atoms with van der Waals surface area (Å²) in [5.41, 5.74) is 2.95. The largest absolute Gasteiger partial charge is 0.393 e. The van der Waals surface area contributed by atoms with Crippen molar-refractivity contribution in [1.82, 2.24) is 0 Å². The van der Waals surface area contributed by atoms with Crippen LogP contribution in [0.4, 0.5) is 0 Å². The Morgan fingerprint density at radius 2 is 1.79 bits per heavy atom. The van der Waals surface area contributed by atoms with E-state index < -0.39 is 0 Å². The van der Waals surface area contributed by atoms with Gasteiger partial charge < -0.3 is 5.11 Å². The molecule has 0 radical (unpaired) electrons. The molecule has 76 valence electrons. The van der Waals surface area contributed by atoms with E-state index in [0.717, 1.165) is 19.3 Å². The highest BCUT2D eigenvalue weighted by molar-refractivity contribution is 5.34. The molecule has 1 nitrogen and oxygen atoms in total. The molecule has 0 saturated carbocycles. The fourth-order valence-electron chi connectivity index (χ4n) is 2.56. The summed E-state index contributed by atoms with van der Waals surface area (Å²) in [6.07, 6.45) is 2.92. The number of benzene rings is 1. The van der Waals surface area contributed by atoms with Gasteiger partial charge in [-0.15, -0.1) is 0 Å². The quantitative estimate of drug-likeness (QED) is 0.760. The molecule has 0 spiro atoms. The first-order valence-electron chi connectivity index (χ1n) is 5.43. The second kappa shape index (κ2) is 3.39. The van der Waals surface area contributed by atoms with Crippen molar-refractivity contribution >= 4 is 0 Å². The van der Waals surface area contributed by atoms with Crippen LogP contribution in [0.25, 0.3) is 0 Å². The summed E-state index contributed by atoms with van der Waals surface area (Å²) in [5.74, 6) is 0. The Hall–Kier alpha value is -0.820. The third-order valence-electron chi connectivity index (χ3n) is 3.79. The molecule has 1 aromatic rings. The maximum Gasteiger partial charge on any atom is 0.0574 e. The van der Waals surface area contributed by atoms with Gasteiger partial charge in [0.15, 0.2) is 0 Å². The molecule has 0 heterocycles. The van der Waals surface area contributed by atoms with Crippen LogP contribution in [-0.4, -0.2) is 11.2 Å². The van der Waals surface area contributed by atoms with E-state index in [9.17, 15) is 5.11 Å². The molecule has 1 N–H and O–H groups in total. The first-order chi connectivity index (χ1) is 6.68. The molecule has 0 bridgehead atoms. The zero-order valence-electron chi connectivity index (χ0n) is 8.96. The number of aliphatic hydroxyl groups is 1. The molecule has 1 atom stereocenters. The number of hydrogen-bond donors (Lipinski definition) is 1. The van der Waals surface area contributed by atoms with Crippen molar-refractivity contribution in [3.63, 3.8) is 0 Å². The van der Waals surface area contributed by atoms with E-state index in [1.54, 1.807) is 0 Å². The van der Waals surface area contributed by atoms with Gasteiger partial charge in [0, 0.05) is 5.41 Å². The van der Waals surface area contributed by atoms with Gasteiger partial charge >= 0.3 is 0 Å². The van der Waals surface area contributed by atoms with Crippen LogP contribution in [-0.2, 0) is 12.8 Å². The first kappa shape index (κ1) is 9.72. The average molecular weight is 190 g/mol. The zero-order valence-corrected chi connectivity index (χ0v) is 8.96. The van der Waals surface area contributed by atoms with Crippen molar-refractivity contribution in [3.05, 3.63) is 35.4 Å². The van der Waals surface area contributed by atoms with E-state index in [0.29, 0.717) is 0 Å². The van der Waals surface area contributed by atoms with Crippen LogP contribution in [0.15, 0.2) is 24.3 Å². The number of hydrogen-bond acceptors (Lipinski definition) is 1. The van der Waals surface area contributed by atoms with E-state index in [4.69, 9.17) is 0 Å². The lowest BCUT2D eigenvalue weighted by Gasteiger charge is -2.30. The van der Waals surface area contributed by atoms with Crippen molar-refractivity contribution < 1.29 is 5.11 Å². The molecule has 14 heavy (non-hydrogen) atoms. The van der Waals surface area contributed by atoms with Gasteiger partial charge in [-0.1, -0.05) is 31.2 Å². The van der Waals surface area contributed by atoms with Gasteiger partial charge in [-0.2, -0.15) is 0 Å². The predicted molar refractivity (Wildman–Crippen MR) is 58.3 cm³/mol. The Balaban J connectivity index is 2.32. The van der Waals surface area contributed by atoms with E-state index in [1.807, 2.05) is 6.92 Å². The highest BCUT2D eigenvalue weighted by Crippen LogP contribution is 2.41. The molecule has 1 aliphatic rings. The molecule has 1 aliphatic carbocycles. The van der Waals surface area contributed by atoms with Gasteiger partial charge in [0.1, 0.15) is 0 Å². The van der Waals surface area contributed by atoms with Gasteiger partial charge in [0.25, 0.3) is 0 Å². The monoisotopic (exact) mass is 190 g/mol. The summed E-state index contributed by atoms with van der Waals surface area (Å²) in [5, 5.41) is 9.87. The second-order valence-electron chi connectivity index (χ2n) is 4.51. The minimum absolute atomic E-state index is 0.101. The van der Waals surface area contributed by atoms with Crippen molar-refractivity contribution in [2.75, 3.05) is 0 Å². The van der Waals surface area contributed by atoms with E-state index >= 15 is 0 Å². The molecular formula is C13H18O. The Bertz CT molecular complexity index is 303. The van der Waals surface area contributed by atoms with Crippen molar-refractivity contribution in [3.8, 4) is 0 Å². The Kier molecular flexibility index (Phi) is 2.36. The highest BCUT2D eigenvalue weighted by atomic mass is 16.3. The van der Waals surface area contributed by atoms with Crippen LogP contribution in [0.1, 0.15) is 31.4 Å². The van der Waals surface area contributed by atoms with Crippen LogP contribution in [0.3, 0.4) is 0 Å². The maximum absolute atomic E-state index is 9.87. The summed E-state index contributed by atoms with van der Waals surface area (Å²) in [4.78, 5) is 0. The normalized spacial score (nSPS) is 20.5. The third-order valence-corrected chi connectivity index (χ3v) is 3.79. The lowest BCUT2D eigenvalue weighted by molar-refractivity contribution is 0.0428. The Morgan fingerprint density at radius 3 is 2.14 bits per heavy atom. The van der Waals surface area contributed by atoms with E-state index in [1.165, 1.54) is 11.1 Å². The average Bonchev–Trinajstić information content (AvgIpc) is 2.57. The van der Waals surface area contributed by atoms with Gasteiger partial charge in [0.2, 0.25) is 0 Å². The molecular weight excluding hydrogens is 172 g/mol. The summed E-state index contributed by atoms with van der Waals surface area (Å²) < 4.78 is 0. The highest BCUT2D eigenvalue weighted by Gasteiger charge is 2.39. The van der Waals surface area contributed by atoms with Gasteiger partial charge in [-0.3, -0.25) is 0 Å². The van der Waals surface area contributed by atoms with Crippen LogP contribution in [0.2, 0.25) is 0 Å². The summed E-state index contributed by atoms with van der Waals surface area (Å²) in [7, 11) is 0. The lowest BCUT2D eigenvalue weighted by Crippen LogP contribution is -2.33. The van der Waals surface area contributed by atoms with Crippen molar-refractivity contribution in [1.29, 1.82) is 0 Å². The number of aliphatic hydroxyl groups excluding tert-OH is 1. The molecule has 0 aliphatic heterocycles. The molecule has 1 aromatic carbocycles. The molecule has 0 amide bonds. The zero-order chi connectivity index (χ0) is 10.2. The van der Waals surface area contributed by atoms with Crippen molar-refractivity contribution in [2.24, 2.45) is 5.41 Å². The number of rotatable bonds is 2. The molecule has 2 rings (SSSR count). The minimum Gasteiger partial charge on any atom is -0.393 e. The first-order valence-corrected chi connectivity index (χ1v) is 5.43. The van der Waals surface area contributed by atoms with Crippen LogP contribution < -0.4 is 0 Å². The lowest BCUT2D eigenvalue weighted by atomic mass is 9.77. The Labute approximate surface area is 85.8 Å². The van der Waals surface area contributed by atoms with Gasteiger partial charge in [-0.25, -0.2) is 0 Å². The molecule has 0 saturated heterocycles. The smallest absolute Gasteiger partial charge is 0.0574 e. The fourth-order valence-corrected chi connectivity index (χ4v) is 2.56. The van der Waals surface area contributed by atoms with Crippen LogP contribution >= 0.6 is 0 Å². The summed E-state index contributed by atoms with van der Waals surface area (Å²) in [6.45, 7) is 4.11. The SMILES string of the molecule is CCC1([C@H](C)O)Cc2ccccc2C1. The standard InChI is InChI=1S/C13H18O/c1-3-13(10(2)14)8-11-6-4-5-7-12(11)9-13/h4-7,10,14H,3,8-9H2,1-2H3/t10-/m0/s1. The molecule has 1 heteroatoms. The van der Waals surface area contributed by atoms with Gasteiger partial charge in [0.05, 0.1) is 6.10 Å². The van der Waals surface area contributed by atoms with Crippen molar-refractivity contribution in [2.45, 2.75) is 39.2 Å². The van der Waals surface area contributed by atoms with E-state index in [-0.39, 0.29) is 11.5 Å². The maximum atomic E-state index is 9.87. The third kappa shape index (κ3) is 1.36. The molecule has 0 unspecified atom stereocenters. The topological polar surface area (TPSA) is 20.2 Å². The number of fused-ring (bicyclic) bond motifs is 1. The molecule has 0 aromatic heterocycles. The van der Waals surface area contributed by atoms with Crippen LogP contribution in [0, 0.1) is 5.41 Å². The minimum atomic E-state index is -0.208. The summed E-state index contributed by atoms with van der Waals surface area (Å²) >= 11 is 0. The predicted octanol–water partition coefficient (Wildman–Crippen LogP) is 2.56.